The van der Waals surface area contributed by atoms with E-state index in [1.807, 2.05) is 0 Å². The molecule has 3 fully saturated rings. The van der Waals surface area contributed by atoms with Crippen molar-refractivity contribution in [3.05, 3.63) is 10.1 Å². The monoisotopic (exact) mass is 507 g/mol. The number of hydrogen-bond acceptors (Lipinski definition) is 4. The summed E-state index contributed by atoms with van der Waals surface area (Å²) in [4.78, 5) is 34.9. The Morgan fingerprint density at radius 2 is 1.43 bits per heavy atom. The lowest BCUT2D eigenvalue weighted by Gasteiger charge is -2.42. The van der Waals surface area contributed by atoms with Gasteiger partial charge in [0.05, 0.1) is 28.4 Å². The maximum absolute atomic E-state index is 12.9. The summed E-state index contributed by atoms with van der Waals surface area (Å²) in [7, 11) is 0. The molecular formula is C17H15Cl6NO4. The van der Waals surface area contributed by atoms with E-state index in [2.05, 4.69) is 0 Å². The molecule has 4 aliphatic rings. The van der Waals surface area contributed by atoms with E-state index in [0.717, 1.165) is 4.90 Å². The summed E-state index contributed by atoms with van der Waals surface area (Å²) in [5, 5.41) is 0.193. The fraction of sp³-hybridized carbons (Fsp3) is 0.706. The minimum atomic E-state index is -1.67. The normalized spacial score (nSPS) is 43.5. The molecule has 0 aromatic heterocycles. The lowest BCUT2D eigenvalue weighted by molar-refractivity contribution is -0.147. The number of ether oxygens (including phenoxy) is 1. The predicted molar refractivity (Wildman–Crippen MR) is 107 cm³/mol. The molecule has 6 unspecified atom stereocenters. The zero-order chi connectivity index (χ0) is 20.8. The number of fused-ring (bicyclic) bond motifs is 6. The molecular weight excluding hydrogens is 495 g/mol. The predicted octanol–water partition coefficient (Wildman–Crippen LogP) is 4.02. The number of rotatable bonds is 3. The number of alkyl halides is 4. The second-order valence-electron chi connectivity index (χ2n) is 7.69. The van der Waals surface area contributed by atoms with Crippen molar-refractivity contribution in [2.45, 2.75) is 33.8 Å². The van der Waals surface area contributed by atoms with Crippen molar-refractivity contribution in [1.29, 1.82) is 0 Å². The first kappa shape index (κ1) is 21.3. The van der Waals surface area contributed by atoms with Gasteiger partial charge in [0.15, 0.2) is 4.33 Å². The number of carbonyl (C=O) groups is 3. The van der Waals surface area contributed by atoms with E-state index < -0.39 is 43.7 Å². The van der Waals surface area contributed by atoms with Crippen molar-refractivity contribution in [2.24, 2.45) is 23.7 Å². The largest absolute Gasteiger partial charge is 0.464 e. The summed E-state index contributed by atoms with van der Waals surface area (Å²) in [6.07, 6.45) is 0.535. The molecule has 11 heteroatoms. The minimum absolute atomic E-state index is 0.00628. The molecule has 2 saturated carbocycles. The van der Waals surface area contributed by atoms with Gasteiger partial charge in [-0.3, -0.25) is 19.3 Å². The SMILES string of the molecule is CC(=O)OCCN1C(=O)C2CC3C(CC2C1=O)C1(Cl)C(Cl)=C(Cl)C3(Cl)C1(Cl)Cl. The van der Waals surface area contributed by atoms with Crippen molar-refractivity contribution in [2.75, 3.05) is 13.2 Å². The van der Waals surface area contributed by atoms with Crippen LogP contribution in [-0.4, -0.2) is 49.9 Å². The van der Waals surface area contributed by atoms with Crippen LogP contribution in [0.2, 0.25) is 0 Å². The van der Waals surface area contributed by atoms with Gasteiger partial charge in [-0.2, -0.15) is 0 Å². The maximum atomic E-state index is 12.9. The number of amides is 2. The maximum Gasteiger partial charge on any atom is 0.302 e. The number of imide groups is 1. The number of halogens is 6. The summed E-state index contributed by atoms with van der Waals surface area (Å²) in [5.74, 6) is -3.11. The Hall–Kier alpha value is 0.0900. The molecule has 0 aromatic rings. The first-order valence-electron chi connectivity index (χ1n) is 8.71. The van der Waals surface area contributed by atoms with E-state index in [9.17, 15) is 14.4 Å². The molecule has 0 spiro atoms. The van der Waals surface area contributed by atoms with Crippen LogP contribution in [0, 0.1) is 23.7 Å². The topological polar surface area (TPSA) is 63.7 Å². The van der Waals surface area contributed by atoms with Crippen LogP contribution in [0.1, 0.15) is 19.8 Å². The molecule has 6 atom stereocenters. The van der Waals surface area contributed by atoms with E-state index >= 15 is 0 Å². The molecule has 4 rings (SSSR count). The number of allylic oxidation sites excluding steroid dienone is 2. The van der Waals surface area contributed by atoms with Gasteiger partial charge < -0.3 is 4.74 Å². The third-order valence-electron chi connectivity index (χ3n) is 6.54. The molecule has 1 heterocycles. The number of carbonyl (C=O) groups excluding carboxylic acids is 3. The van der Waals surface area contributed by atoms with Crippen LogP contribution in [-0.2, 0) is 19.1 Å². The van der Waals surface area contributed by atoms with Gasteiger partial charge >= 0.3 is 5.97 Å². The van der Waals surface area contributed by atoms with E-state index in [1.165, 1.54) is 6.92 Å². The standard InChI is InChI=1S/C17H15Cl6NO4/c1-6(25)28-3-2-24-13(26)7-4-9-10(5-8(7)14(24)27)16(21)12(19)11(18)15(9,20)17(16,22)23/h7-10H,2-5H2,1H3. The fourth-order valence-electron chi connectivity index (χ4n) is 5.29. The highest BCUT2D eigenvalue weighted by atomic mass is 35.5. The summed E-state index contributed by atoms with van der Waals surface area (Å²) < 4.78 is 3.18. The van der Waals surface area contributed by atoms with Gasteiger partial charge in [0, 0.05) is 6.92 Å². The molecule has 0 N–H and O–H groups in total. The third-order valence-corrected chi connectivity index (χ3v) is 10.9. The number of nitrogens with zero attached hydrogens (tertiary/aromatic N) is 1. The highest BCUT2D eigenvalue weighted by Gasteiger charge is 2.83. The van der Waals surface area contributed by atoms with Crippen molar-refractivity contribution in [1.82, 2.24) is 4.90 Å². The van der Waals surface area contributed by atoms with Gasteiger partial charge in [-0.15, -0.1) is 23.2 Å². The lowest BCUT2D eigenvalue weighted by atomic mass is 9.65. The van der Waals surface area contributed by atoms with Crippen LogP contribution in [0.25, 0.3) is 0 Å². The van der Waals surface area contributed by atoms with Crippen LogP contribution in [0.15, 0.2) is 10.1 Å². The Bertz CT molecular complexity index is 776. The third kappa shape index (κ3) is 2.32. The molecule has 1 aliphatic heterocycles. The second kappa shape index (κ2) is 6.54. The molecule has 28 heavy (non-hydrogen) atoms. The van der Waals surface area contributed by atoms with Crippen molar-refractivity contribution in [3.63, 3.8) is 0 Å². The molecule has 0 radical (unpaired) electrons. The van der Waals surface area contributed by atoms with Gasteiger partial charge in [-0.25, -0.2) is 0 Å². The van der Waals surface area contributed by atoms with Crippen LogP contribution in [0.4, 0.5) is 0 Å². The Balaban J connectivity index is 1.64. The highest BCUT2D eigenvalue weighted by Crippen LogP contribution is 2.79. The van der Waals surface area contributed by atoms with Gasteiger partial charge in [-0.05, 0) is 24.7 Å². The minimum Gasteiger partial charge on any atom is -0.464 e. The van der Waals surface area contributed by atoms with Crippen molar-refractivity contribution >= 4 is 87.4 Å². The molecule has 3 aliphatic carbocycles. The summed E-state index contributed by atoms with van der Waals surface area (Å²) >= 11 is 39.6. The zero-order valence-electron chi connectivity index (χ0n) is 14.5. The van der Waals surface area contributed by atoms with Crippen LogP contribution >= 0.6 is 69.6 Å². The molecule has 154 valence electrons. The van der Waals surface area contributed by atoms with Crippen LogP contribution in [0.3, 0.4) is 0 Å². The molecule has 2 bridgehead atoms. The van der Waals surface area contributed by atoms with Gasteiger partial charge in [-0.1, -0.05) is 46.4 Å². The van der Waals surface area contributed by atoms with Crippen molar-refractivity contribution in [3.8, 4) is 0 Å². The lowest BCUT2D eigenvalue weighted by Crippen LogP contribution is -2.44. The smallest absolute Gasteiger partial charge is 0.302 e. The molecule has 2 amide bonds. The van der Waals surface area contributed by atoms with E-state index in [0.29, 0.717) is 0 Å². The number of likely N-dealkylation sites (tertiary alicyclic amines) is 1. The average molecular weight is 510 g/mol. The Morgan fingerprint density at radius 3 is 1.82 bits per heavy atom. The Morgan fingerprint density at radius 1 is 1.00 bits per heavy atom. The van der Waals surface area contributed by atoms with Crippen molar-refractivity contribution < 1.29 is 19.1 Å². The van der Waals surface area contributed by atoms with Gasteiger partial charge in [0.1, 0.15) is 16.4 Å². The van der Waals surface area contributed by atoms with Gasteiger partial charge in [0.25, 0.3) is 0 Å². The number of esters is 1. The first-order chi connectivity index (χ1) is 12.9. The van der Waals surface area contributed by atoms with E-state index in [1.54, 1.807) is 0 Å². The molecule has 1 saturated heterocycles. The van der Waals surface area contributed by atoms with Gasteiger partial charge in [0.2, 0.25) is 11.8 Å². The zero-order valence-corrected chi connectivity index (χ0v) is 19.0. The molecule has 5 nitrogen and oxygen atoms in total. The summed E-state index contributed by atoms with van der Waals surface area (Å²) in [6.45, 7) is 1.21. The number of hydrogen-bond donors (Lipinski definition) is 0. The van der Waals surface area contributed by atoms with Crippen LogP contribution < -0.4 is 0 Å². The van der Waals surface area contributed by atoms with Crippen LogP contribution in [0.5, 0.6) is 0 Å². The van der Waals surface area contributed by atoms with E-state index in [4.69, 9.17) is 74.3 Å². The van der Waals surface area contributed by atoms with E-state index in [-0.39, 0.29) is 47.9 Å². The fourth-order valence-corrected chi connectivity index (χ4v) is 8.40. The molecule has 0 aromatic carbocycles. The summed E-state index contributed by atoms with van der Waals surface area (Å²) in [5.41, 5.74) is 0. The first-order valence-corrected chi connectivity index (χ1v) is 11.0. The Kier molecular flexibility index (Phi) is 4.98. The average Bonchev–Trinajstić information content (AvgIpc) is 2.98. The summed E-state index contributed by atoms with van der Waals surface area (Å²) in [6, 6.07) is 0. The Labute approximate surface area is 191 Å². The highest BCUT2D eigenvalue weighted by molar-refractivity contribution is 6.65. The quantitative estimate of drug-likeness (QED) is 0.327. The second-order valence-corrected chi connectivity index (χ2v) is 11.0.